The monoisotopic (exact) mass is 378 g/mol. The second-order valence-corrected chi connectivity index (χ2v) is 5.91. The fourth-order valence-electron chi connectivity index (χ4n) is 2.78. The lowest BCUT2D eigenvalue weighted by atomic mass is 9.97. The first-order valence-electron chi connectivity index (χ1n) is 8.17. The largest absolute Gasteiger partial charge is 0.369 e. The van der Waals surface area contributed by atoms with Crippen LogP contribution in [0.3, 0.4) is 0 Å². The van der Waals surface area contributed by atoms with E-state index in [0.29, 0.717) is 11.2 Å². The van der Waals surface area contributed by atoms with Crippen LogP contribution < -0.4 is 11.1 Å². The van der Waals surface area contributed by atoms with E-state index in [9.17, 15) is 18.0 Å². The number of halogens is 3. The minimum Gasteiger partial charge on any atom is -0.369 e. The zero-order valence-corrected chi connectivity index (χ0v) is 14.3. The summed E-state index contributed by atoms with van der Waals surface area (Å²) < 4.78 is 42.7. The predicted molar refractivity (Wildman–Crippen MR) is 93.6 cm³/mol. The smallest absolute Gasteiger partial charge is 0.308 e. The van der Waals surface area contributed by atoms with Crippen LogP contribution in [0.1, 0.15) is 13.3 Å². The summed E-state index contributed by atoms with van der Waals surface area (Å²) >= 11 is 0. The fourth-order valence-corrected chi connectivity index (χ4v) is 2.78. The SMILES string of the molecule is CCC(C(N)=O)C(F)(F)C(F)Nc1ccnc(-c2c[nH]c3ncccc23)n1. The molecule has 0 radical (unpaired) electrons. The molecular weight excluding hydrogens is 361 g/mol. The summed E-state index contributed by atoms with van der Waals surface area (Å²) in [5.74, 6) is -7.12. The third kappa shape index (κ3) is 3.55. The zero-order valence-electron chi connectivity index (χ0n) is 14.3. The van der Waals surface area contributed by atoms with Crippen molar-refractivity contribution in [3.05, 3.63) is 36.8 Å². The molecule has 0 spiro atoms. The number of alkyl halides is 3. The van der Waals surface area contributed by atoms with Crippen LogP contribution in [0.25, 0.3) is 22.4 Å². The third-order valence-electron chi connectivity index (χ3n) is 4.18. The molecule has 0 aliphatic rings. The van der Waals surface area contributed by atoms with Gasteiger partial charge in [-0.1, -0.05) is 6.92 Å². The van der Waals surface area contributed by atoms with Crippen molar-refractivity contribution in [2.24, 2.45) is 11.7 Å². The van der Waals surface area contributed by atoms with E-state index in [1.807, 2.05) is 5.32 Å². The fraction of sp³-hybridized carbons (Fsp3) is 0.294. The molecule has 0 aliphatic heterocycles. The van der Waals surface area contributed by atoms with Crippen molar-refractivity contribution in [3.63, 3.8) is 0 Å². The number of H-pyrrole nitrogens is 1. The molecule has 27 heavy (non-hydrogen) atoms. The molecule has 4 N–H and O–H groups in total. The number of aromatic amines is 1. The highest BCUT2D eigenvalue weighted by Crippen LogP contribution is 2.33. The highest BCUT2D eigenvalue weighted by Gasteiger charge is 2.50. The summed E-state index contributed by atoms with van der Waals surface area (Å²) in [5, 5.41) is 2.73. The van der Waals surface area contributed by atoms with Crippen molar-refractivity contribution in [2.75, 3.05) is 5.32 Å². The lowest BCUT2D eigenvalue weighted by molar-refractivity contribution is -0.147. The van der Waals surface area contributed by atoms with Crippen molar-refractivity contribution >= 4 is 22.8 Å². The van der Waals surface area contributed by atoms with Crippen molar-refractivity contribution in [2.45, 2.75) is 25.6 Å². The predicted octanol–water partition coefficient (Wildman–Crippen LogP) is 2.87. The van der Waals surface area contributed by atoms with Gasteiger partial charge in [-0.15, -0.1) is 0 Å². The highest BCUT2D eigenvalue weighted by molar-refractivity contribution is 5.91. The standard InChI is InChI=1S/C17H17F3N6O/c1-2-11(13(21)27)17(19,20)16(18)26-12-5-7-23-15(25-12)10-8-24-14-9(10)4-3-6-22-14/h3-8,11,16H,2H2,1H3,(H2,21,27)(H,22,24)(H,23,25,26). The zero-order chi connectivity index (χ0) is 19.6. The summed E-state index contributed by atoms with van der Waals surface area (Å²) in [7, 11) is 0. The Morgan fingerprint density at radius 3 is 2.81 bits per heavy atom. The van der Waals surface area contributed by atoms with E-state index in [2.05, 4.69) is 19.9 Å². The maximum Gasteiger partial charge on any atom is 0.308 e. The molecule has 7 nitrogen and oxygen atoms in total. The number of carbonyl (C=O) groups is 1. The summed E-state index contributed by atoms with van der Waals surface area (Å²) in [6, 6.07) is 4.78. The van der Waals surface area contributed by atoms with Crippen LogP contribution >= 0.6 is 0 Å². The molecule has 0 aromatic carbocycles. The second kappa shape index (κ2) is 7.22. The van der Waals surface area contributed by atoms with Gasteiger partial charge in [-0.25, -0.2) is 28.1 Å². The van der Waals surface area contributed by atoms with E-state index in [1.54, 1.807) is 24.5 Å². The molecule has 0 aliphatic carbocycles. The molecule has 142 valence electrons. The van der Waals surface area contributed by atoms with Gasteiger partial charge in [0.2, 0.25) is 12.2 Å². The average molecular weight is 378 g/mol. The second-order valence-electron chi connectivity index (χ2n) is 5.91. The molecule has 3 aromatic heterocycles. The van der Waals surface area contributed by atoms with Gasteiger partial charge in [0, 0.05) is 29.5 Å². The summed E-state index contributed by atoms with van der Waals surface area (Å²) in [4.78, 5) is 26.5. The summed E-state index contributed by atoms with van der Waals surface area (Å²) in [6.07, 6.45) is 1.42. The number of nitrogens with one attached hydrogen (secondary N) is 2. The molecule has 3 rings (SSSR count). The Bertz CT molecular complexity index is 961. The Hall–Kier alpha value is -3.17. The number of rotatable bonds is 7. The maximum atomic E-state index is 14.2. The van der Waals surface area contributed by atoms with Crippen molar-refractivity contribution < 1.29 is 18.0 Å². The topological polar surface area (TPSA) is 110 Å². The van der Waals surface area contributed by atoms with Crippen LogP contribution in [0, 0.1) is 5.92 Å². The van der Waals surface area contributed by atoms with Crippen LogP contribution in [0.15, 0.2) is 36.8 Å². The summed E-state index contributed by atoms with van der Waals surface area (Å²) in [5.41, 5.74) is 6.16. The van der Waals surface area contributed by atoms with Crippen LogP contribution in [0.2, 0.25) is 0 Å². The Balaban J connectivity index is 1.87. The van der Waals surface area contributed by atoms with Crippen LogP contribution in [-0.4, -0.2) is 38.1 Å². The number of carbonyl (C=O) groups excluding carboxylic acids is 1. The molecule has 2 unspecified atom stereocenters. The average Bonchev–Trinajstić information content (AvgIpc) is 3.06. The van der Waals surface area contributed by atoms with Gasteiger partial charge < -0.3 is 16.0 Å². The molecule has 0 saturated carbocycles. The highest BCUT2D eigenvalue weighted by atomic mass is 19.3. The number of pyridine rings is 1. The quantitative estimate of drug-likeness (QED) is 0.548. The Labute approximate surface area is 152 Å². The minimum absolute atomic E-state index is 0.148. The van der Waals surface area contributed by atoms with Gasteiger partial charge in [0.25, 0.3) is 0 Å². The molecule has 3 aromatic rings. The van der Waals surface area contributed by atoms with Gasteiger partial charge >= 0.3 is 5.92 Å². The van der Waals surface area contributed by atoms with E-state index in [-0.39, 0.29) is 18.1 Å². The van der Waals surface area contributed by atoms with E-state index >= 15 is 0 Å². The molecule has 1 amide bonds. The van der Waals surface area contributed by atoms with Crippen LogP contribution in [0.4, 0.5) is 19.0 Å². The number of nitrogens with zero attached hydrogens (tertiary/aromatic N) is 3. The number of fused-ring (bicyclic) bond motifs is 1. The maximum absolute atomic E-state index is 14.2. The number of hydrogen-bond donors (Lipinski definition) is 3. The van der Waals surface area contributed by atoms with Gasteiger partial charge in [0.15, 0.2) is 5.82 Å². The lowest BCUT2D eigenvalue weighted by Crippen LogP contribution is -2.48. The van der Waals surface area contributed by atoms with Crippen LogP contribution in [-0.2, 0) is 4.79 Å². The Kier molecular flexibility index (Phi) is 4.98. The molecule has 0 fully saturated rings. The van der Waals surface area contributed by atoms with Gasteiger partial charge in [0.1, 0.15) is 17.4 Å². The number of hydrogen-bond acceptors (Lipinski definition) is 5. The number of aromatic nitrogens is 4. The van der Waals surface area contributed by atoms with Crippen molar-refractivity contribution in [1.29, 1.82) is 0 Å². The first kappa shape index (κ1) is 18.6. The van der Waals surface area contributed by atoms with Crippen LogP contribution in [0.5, 0.6) is 0 Å². The molecule has 2 atom stereocenters. The molecule has 10 heteroatoms. The number of anilines is 1. The lowest BCUT2D eigenvalue weighted by Gasteiger charge is -2.27. The van der Waals surface area contributed by atoms with E-state index in [1.165, 1.54) is 19.2 Å². The van der Waals surface area contributed by atoms with Gasteiger partial charge in [-0.05, 0) is 24.6 Å². The van der Waals surface area contributed by atoms with Gasteiger partial charge in [0.05, 0.1) is 0 Å². The molecule has 0 saturated heterocycles. The van der Waals surface area contributed by atoms with E-state index in [4.69, 9.17) is 5.73 Å². The van der Waals surface area contributed by atoms with E-state index in [0.717, 1.165) is 5.39 Å². The summed E-state index contributed by atoms with van der Waals surface area (Å²) in [6.45, 7) is 1.34. The molecular formula is C17H17F3N6O. The third-order valence-corrected chi connectivity index (χ3v) is 4.18. The van der Waals surface area contributed by atoms with Crippen molar-refractivity contribution in [3.8, 4) is 11.4 Å². The first-order valence-corrected chi connectivity index (χ1v) is 8.17. The van der Waals surface area contributed by atoms with E-state index < -0.39 is 24.0 Å². The Morgan fingerprint density at radius 1 is 1.33 bits per heavy atom. The van der Waals surface area contributed by atoms with Gasteiger partial charge in [-0.3, -0.25) is 4.79 Å². The van der Waals surface area contributed by atoms with Crippen molar-refractivity contribution in [1.82, 2.24) is 19.9 Å². The first-order chi connectivity index (χ1) is 12.8. The van der Waals surface area contributed by atoms with Gasteiger partial charge in [-0.2, -0.15) is 0 Å². The minimum atomic E-state index is -3.99. The number of primary amides is 1. The molecule has 0 bridgehead atoms. The molecule has 3 heterocycles. The Morgan fingerprint density at radius 2 is 2.11 bits per heavy atom. The normalized spacial score (nSPS) is 14.1. The number of amides is 1. The number of nitrogens with two attached hydrogens (primary N) is 1.